The molecule has 0 aromatic heterocycles. The van der Waals surface area contributed by atoms with Gasteiger partial charge in [0.1, 0.15) is 0 Å². The summed E-state index contributed by atoms with van der Waals surface area (Å²) >= 11 is 0. The fraction of sp³-hybridized carbons (Fsp3) is 0.118. The van der Waals surface area contributed by atoms with Crippen molar-refractivity contribution in [1.29, 1.82) is 0 Å². The van der Waals surface area contributed by atoms with Crippen molar-refractivity contribution in [2.75, 3.05) is 0 Å². The predicted molar refractivity (Wildman–Crippen MR) is 77.9 cm³/mol. The summed E-state index contributed by atoms with van der Waals surface area (Å²) in [7, 11) is 0. The van der Waals surface area contributed by atoms with Crippen LogP contribution < -0.4 is 0 Å². The van der Waals surface area contributed by atoms with Crippen LogP contribution in [-0.4, -0.2) is 6.21 Å². The molecule has 18 heavy (non-hydrogen) atoms. The molecule has 0 amide bonds. The van der Waals surface area contributed by atoms with Gasteiger partial charge in [-0.2, -0.15) is 0 Å². The van der Waals surface area contributed by atoms with Gasteiger partial charge in [-0.1, -0.05) is 48.5 Å². The molecule has 0 radical (unpaired) electrons. The number of fused-ring (bicyclic) bond motifs is 5. The SMILES string of the molecule is C1=Nc2c(ccc3c2ccc2ccccc23)CC1. The highest BCUT2D eigenvalue weighted by atomic mass is 14.7. The molecule has 0 bridgehead atoms. The third-order valence-electron chi connectivity index (χ3n) is 3.74. The number of aliphatic imine (C=N–C) groups is 1. The van der Waals surface area contributed by atoms with E-state index in [4.69, 9.17) is 0 Å². The molecule has 0 saturated heterocycles. The first-order valence-corrected chi connectivity index (χ1v) is 6.39. The molecule has 0 aliphatic carbocycles. The Labute approximate surface area is 106 Å². The van der Waals surface area contributed by atoms with Gasteiger partial charge >= 0.3 is 0 Å². The van der Waals surface area contributed by atoms with Gasteiger partial charge in [0.05, 0.1) is 5.69 Å². The maximum Gasteiger partial charge on any atom is 0.0736 e. The van der Waals surface area contributed by atoms with Crippen molar-refractivity contribution < 1.29 is 0 Å². The highest BCUT2D eigenvalue weighted by Gasteiger charge is 2.10. The third-order valence-corrected chi connectivity index (χ3v) is 3.74. The standard InChI is InChI=1S/C17H13N/c1-2-6-14-12(4-1)7-10-16-15(14)9-8-13-5-3-11-18-17(13)16/h1-2,4,6-11H,3,5H2. The zero-order valence-electron chi connectivity index (χ0n) is 10.1. The first-order chi connectivity index (χ1) is 8.93. The van der Waals surface area contributed by atoms with Crippen molar-refractivity contribution >= 4 is 33.4 Å². The number of aryl methyl sites for hydroxylation is 1. The molecular weight excluding hydrogens is 218 g/mol. The Morgan fingerprint density at radius 1 is 0.778 bits per heavy atom. The molecule has 1 nitrogen and oxygen atoms in total. The van der Waals surface area contributed by atoms with Gasteiger partial charge in [0.25, 0.3) is 0 Å². The van der Waals surface area contributed by atoms with Gasteiger partial charge in [-0.15, -0.1) is 0 Å². The summed E-state index contributed by atoms with van der Waals surface area (Å²) in [6, 6.07) is 17.4. The fourth-order valence-electron chi connectivity index (χ4n) is 2.85. The second-order valence-electron chi connectivity index (χ2n) is 4.81. The number of nitrogens with zero attached hydrogens (tertiary/aromatic N) is 1. The molecule has 4 rings (SSSR count). The molecule has 0 unspecified atom stereocenters. The summed E-state index contributed by atoms with van der Waals surface area (Å²) in [6.07, 6.45) is 4.21. The van der Waals surface area contributed by atoms with Crippen LogP contribution in [0, 0.1) is 0 Å². The maximum atomic E-state index is 4.60. The van der Waals surface area contributed by atoms with Gasteiger partial charge < -0.3 is 0 Å². The molecule has 0 atom stereocenters. The molecule has 1 heterocycles. The minimum atomic E-state index is 1.06. The third kappa shape index (κ3) is 1.31. The molecule has 3 aromatic carbocycles. The largest absolute Gasteiger partial charge is 0.260 e. The zero-order valence-corrected chi connectivity index (χ0v) is 10.1. The molecule has 1 heteroatoms. The lowest BCUT2D eigenvalue weighted by atomic mass is 9.96. The van der Waals surface area contributed by atoms with E-state index < -0.39 is 0 Å². The van der Waals surface area contributed by atoms with E-state index in [1.54, 1.807) is 0 Å². The van der Waals surface area contributed by atoms with Crippen LogP contribution in [0.4, 0.5) is 5.69 Å². The Balaban J connectivity index is 2.20. The van der Waals surface area contributed by atoms with E-state index >= 15 is 0 Å². The maximum absolute atomic E-state index is 4.60. The van der Waals surface area contributed by atoms with Crippen LogP contribution in [0.25, 0.3) is 21.5 Å². The number of hydrogen-bond acceptors (Lipinski definition) is 1. The molecule has 86 valence electrons. The molecule has 0 saturated carbocycles. The fourth-order valence-corrected chi connectivity index (χ4v) is 2.85. The van der Waals surface area contributed by atoms with Crippen LogP contribution in [-0.2, 0) is 6.42 Å². The molecular formula is C17H13N. The number of hydrogen-bond donors (Lipinski definition) is 0. The summed E-state index contributed by atoms with van der Waals surface area (Å²) in [4.78, 5) is 4.60. The highest BCUT2D eigenvalue weighted by molar-refractivity contribution is 6.11. The topological polar surface area (TPSA) is 12.4 Å². The monoisotopic (exact) mass is 231 g/mol. The first kappa shape index (κ1) is 9.84. The van der Waals surface area contributed by atoms with E-state index in [1.807, 2.05) is 6.21 Å². The summed E-state index contributed by atoms with van der Waals surface area (Å²) in [5.41, 5.74) is 2.55. The van der Waals surface area contributed by atoms with Crippen molar-refractivity contribution in [2.45, 2.75) is 12.8 Å². The van der Waals surface area contributed by atoms with Gasteiger partial charge in [0.15, 0.2) is 0 Å². The first-order valence-electron chi connectivity index (χ1n) is 6.39. The molecule has 3 aromatic rings. The molecule has 0 N–H and O–H groups in total. The lowest BCUT2D eigenvalue weighted by Crippen LogP contribution is -1.94. The quantitative estimate of drug-likeness (QED) is 0.500. The van der Waals surface area contributed by atoms with Gasteiger partial charge in [0.2, 0.25) is 0 Å². The van der Waals surface area contributed by atoms with Crippen molar-refractivity contribution in [3.63, 3.8) is 0 Å². The highest BCUT2D eigenvalue weighted by Crippen LogP contribution is 2.36. The summed E-state index contributed by atoms with van der Waals surface area (Å²) in [6.45, 7) is 0. The second kappa shape index (κ2) is 3.67. The van der Waals surface area contributed by atoms with E-state index in [1.165, 1.54) is 32.8 Å². The predicted octanol–water partition coefficient (Wildman–Crippen LogP) is 4.64. The van der Waals surface area contributed by atoms with Crippen LogP contribution in [0.15, 0.2) is 53.5 Å². The normalized spacial score (nSPS) is 14.0. The van der Waals surface area contributed by atoms with Crippen LogP contribution in [0.3, 0.4) is 0 Å². The Morgan fingerprint density at radius 2 is 1.67 bits per heavy atom. The molecule has 0 spiro atoms. The Morgan fingerprint density at radius 3 is 2.67 bits per heavy atom. The van der Waals surface area contributed by atoms with Crippen LogP contribution in [0.1, 0.15) is 12.0 Å². The van der Waals surface area contributed by atoms with Crippen LogP contribution >= 0.6 is 0 Å². The Kier molecular flexibility index (Phi) is 2.01. The summed E-state index contributed by atoms with van der Waals surface area (Å²) < 4.78 is 0. The van der Waals surface area contributed by atoms with Crippen molar-refractivity contribution in [3.8, 4) is 0 Å². The lowest BCUT2D eigenvalue weighted by molar-refractivity contribution is 1.03. The van der Waals surface area contributed by atoms with Crippen LogP contribution in [0.5, 0.6) is 0 Å². The molecule has 0 fully saturated rings. The Bertz CT molecular complexity index is 784. The van der Waals surface area contributed by atoms with Gasteiger partial charge in [-0.05, 0) is 34.6 Å². The van der Waals surface area contributed by atoms with Gasteiger partial charge in [0, 0.05) is 11.6 Å². The lowest BCUT2D eigenvalue weighted by Gasteiger charge is -2.13. The van der Waals surface area contributed by atoms with Gasteiger partial charge in [-0.25, -0.2) is 0 Å². The zero-order chi connectivity index (χ0) is 11.9. The minimum absolute atomic E-state index is 1.06. The summed E-state index contributed by atoms with van der Waals surface area (Å²) in [5.74, 6) is 0. The van der Waals surface area contributed by atoms with Crippen molar-refractivity contribution in [3.05, 3.63) is 54.1 Å². The number of benzene rings is 3. The van der Waals surface area contributed by atoms with E-state index in [0.29, 0.717) is 0 Å². The number of rotatable bonds is 0. The average Bonchev–Trinajstić information content (AvgIpc) is 2.46. The second-order valence-corrected chi connectivity index (χ2v) is 4.81. The average molecular weight is 231 g/mol. The van der Waals surface area contributed by atoms with Crippen LogP contribution in [0.2, 0.25) is 0 Å². The van der Waals surface area contributed by atoms with Crippen molar-refractivity contribution in [2.24, 2.45) is 4.99 Å². The van der Waals surface area contributed by atoms with Gasteiger partial charge in [-0.3, -0.25) is 4.99 Å². The minimum Gasteiger partial charge on any atom is -0.260 e. The van der Waals surface area contributed by atoms with E-state index in [0.717, 1.165) is 12.8 Å². The smallest absolute Gasteiger partial charge is 0.0736 e. The summed E-state index contributed by atoms with van der Waals surface area (Å²) in [5, 5.41) is 5.20. The van der Waals surface area contributed by atoms with Crippen molar-refractivity contribution in [1.82, 2.24) is 0 Å². The molecule has 1 aliphatic heterocycles. The van der Waals surface area contributed by atoms with E-state index in [9.17, 15) is 0 Å². The Hall–Kier alpha value is -2.15. The van der Waals surface area contributed by atoms with E-state index in [-0.39, 0.29) is 0 Å². The molecule has 1 aliphatic rings. The van der Waals surface area contributed by atoms with E-state index in [2.05, 4.69) is 53.5 Å².